The van der Waals surface area contributed by atoms with Gasteiger partial charge in [0.1, 0.15) is 0 Å². The number of hydrogen-bond donors (Lipinski definition) is 2. The van der Waals surface area contributed by atoms with E-state index in [1.165, 1.54) is 0 Å². The molecule has 1 aliphatic heterocycles. The Morgan fingerprint density at radius 2 is 1.72 bits per heavy atom. The first-order valence-corrected chi connectivity index (χ1v) is 10.4. The van der Waals surface area contributed by atoms with E-state index in [4.69, 9.17) is 0 Å². The molecule has 2 amide bonds. The van der Waals surface area contributed by atoms with Crippen LogP contribution in [0, 0.1) is 5.92 Å². The van der Waals surface area contributed by atoms with Gasteiger partial charge in [-0.05, 0) is 37.1 Å². The van der Waals surface area contributed by atoms with Crippen LogP contribution in [-0.2, 0) is 19.6 Å². The first kappa shape index (κ1) is 17.7. The number of likely N-dealkylation sites (tertiary alicyclic amines) is 1. The Bertz CT molecular complexity index is 755. The van der Waals surface area contributed by atoms with Crippen molar-refractivity contribution in [2.45, 2.75) is 38.1 Å². The number of benzene rings is 1. The quantitative estimate of drug-likeness (QED) is 0.831. The molecule has 0 spiro atoms. The van der Waals surface area contributed by atoms with Crippen molar-refractivity contribution in [2.75, 3.05) is 22.8 Å². The first-order valence-electron chi connectivity index (χ1n) is 8.50. The highest BCUT2D eigenvalue weighted by Gasteiger charge is 2.38. The standard InChI is InChI=1S/C17H23N3O4S/c1-25(23,24)19-14-8-6-13(7-9-14)18-17(22)12-10-16(21)20(11-12)15-4-2-3-5-15/h6-9,12,15,19H,2-5,10-11H2,1H3,(H,18,22). The molecule has 25 heavy (non-hydrogen) atoms. The van der Waals surface area contributed by atoms with Crippen LogP contribution in [0.5, 0.6) is 0 Å². The second-order valence-electron chi connectivity index (χ2n) is 6.83. The van der Waals surface area contributed by atoms with E-state index in [1.54, 1.807) is 24.3 Å². The van der Waals surface area contributed by atoms with Crippen molar-refractivity contribution in [2.24, 2.45) is 5.92 Å². The van der Waals surface area contributed by atoms with E-state index in [2.05, 4.69) is 10.0 Å². The van der Waals surface area contributed by atoms with Crippen LogP contribution in [0.3, 0.4) is 0 Å². The van der Waals surface area contributed by atoms with E-state index in [9.17, 15) is 18.0 Å². The molecule has 3 rings (SSSR count). The highest BCUT2D eigenvalue weighted by Crippen LogP contribution is 2.30. The Hall–Kier alpha value is -2.09. The summed E-state index contributed by atoms with van der Waals surface area (Å²) in [6.45, 7) is 0.489. The van der Waals surface area contributed by atoms with Gasteiger partial charge in [-0.2, -0.15) is 0 Å². The van der Waals surface area contributed by atoms with E-state index in [-0.39, 0.29) is 24.2 Å². The van der Waals surface area contributed by atoms with Gasteiger partial charge >= 0.3 is 0 Å². The fourth-order valence-electron chi connectivity index (χ4n) is 3.56. The fourth-order valence-corrected chi connectivity index (χ4v) is 4.12. The summed E-state index contributed by atoms with van der Waals surface area (Å²) in [4.78, 5) is 26.5. The molecule has 1 heterocycles. The number of carbonyl (C=O) groups excluding carboxylic acids is 2. The lowest BCUT2D eigenvalue weighted by atomic mass is 10.1. The van der Waals surface area contributed by atoms with Crippen LogP contribution >= 0.6 is 0 Å². The summed E-state index contributed by atoms with van der Waals surface area (Å²) in [6, 6.07) is 6.74. The Morgan fingerprint density at radius 1 is 1.12 bits per heavy atom. The van der Waals surface area contributed by atoms with Crippen molar-refractivity contribution >= 4 is 33.2 Å². The van der Waals surface area contributed by atoms with Gasteiger partial charge in [0, 0.05) is 30.4 Å². The Kier molecular flexibility index (Phi) is 4.99. The Balaban J connectivity index is 1.58. The van der Waals surface area contributed by atoms with E-state index in [0.717, 1.165) is 31.9 Å². The van der Waals surface area contributed by atoms with Crippen LogP contribution in [-0.4, -0.2) is 44.0 Å². The Labute approximate surface area is 147 Å². The molecule has 2 fully saturated rings. The van der Waals surface area contributed by atoms with Crippen LogP contribution in [0.2, 0.25) is 0 Å². The van der Waals surface area contributed by atoms with Gasteiger partial charge in [-0.25, -0.2) is 8.42 Å². The van der Waals surface area contributed by atoms with Crippen molar-refractivity contribution in [3.8, 4) is 0 Å². The van der Waals surface area contributed by atoms with Crippen molar-refractivity contribution in [1.29, 1.82) is 0 Å². The summed E-state index contributed by atoms with van der Waals surface area (Å²) in [5.74, 6) is -0.431. The van der Waals surface area contributed by atoms with Crippen LogP contribution in [0.4, 0.5) is 11.4 Å². The average Bonchev–Trinajstić information content (AvgIpc) is 3.17. The van der Waals surface area contributed by atoms with Gasteiger partial charge < -0.3 is 10.2 Å². The fraction of sp³-hybridized carbons (Fsp3) is 0.529. The molecule has 1 atom stereocenters. The van der Waals surface area contributed by atoms with Crippen LogP contribution < -0.4 is 10.0 Å². The zero-order valence-corrected chi connectivity index (χ0v) is 15.0. The third-order valence-corrected chi connectivity index (χ3v) is 5.36. The Morgan fingerprint density at radius 3 is 2.32 bits per heavy atom. The number of sulfonamides is 1. The number of amides is 2. The second kappa shape index (κ2) is 7.03. The molecule has 0 aromatic heterocycles. The van der Waals surface area contributed by atoms with Gasteiger partial charge in [0.15, 0.2) is 0 Å². The van der Waals surface area contributed by atoms with Gasteiger partial charge in [-0.3, -0.25) is 14.3 Å². The van der Waals surface area contributed by atoms with Crippen molar-refractivity contribution in [1.82, 2.24) is 4.90 Å². The number of carbonyl (C=O) groups is 2. The molecule has 1 saturated heterocycles. The molecule has 0 radical (unpaired) electrons. The molecular weight excluding hydrogens is 342 g/mol. The number of nitrogens with zero attached hydrogens (tertiary/aromatic N) is 1. The smallest absolute Gasteiger partial charge is 0.229 e. The molecule has 2 aliphatic rings. The van der Waals surface area contributed by atoms with Crippen LogP contribution in [0.1, 0.15) is 32.1 Å². The highest BCUT2D eigenvalue weighted by atomic mass is 32.2. The van der Waals surface area contributed by atoms with Crippen molar-refractivity contribution < 1.29 is 18.0 Å². The largest absolute Gasteiger partial charge is 0.339 e. The zero-order chi connectivity index (χ0) is 18.0. The number of nitrogens with one attached hydrogen (secondary N) is 2. The van der Waals surface area contributed by atoms with Gasteiger partial charge in [-0.15, -0.1) is 0 Å². The topological polar surface area (TPSA) is 95.6 Å². The third-order valence-electron chi connectivity index (χ3n) is 4.75. The molecule has 0 bridgehead atoms. The van der Waals surface area contributed by atoms with Gasteiger partial charge in [0.25, 0.3) is 0 Å². The van der Waals surface area contributed by atoms with Crippen molar-refractivity contribution in [3.63, 3.8) is 0 Å². The number of hydrogen-bond acceptors (Lipinski definition) is 4. The summed E-state index contributed by atoms with van der Waals surface area (Å²) in [7, 11) is -3.33. The minimum Gasteiger partial charge on any atom is -0.339 e. The maximum atomic E-state index is 12.4. The van der Waals surface area contributed by atoms with Gasteiger partial charge in [0.2, 0.25) is 21.8 Å². The van der Waals surface area contributed by atoms with Gasteiger partial charge in [0.05, 0.1) is 12.2 Å². The lowest BCUT2D eigenvalue weighted by molar-refractivity contribution is -0.129. The van der Waals surface area contributed by atoms with Gasteiger partial charge in [-0.1, -0.05) is 12.8 Å². The molecule has 1 aromatic rings. The normalized spacial score (nSPS) is 21.6. The minimum absolute atomic E-state index is 0.0692. The number of anilines is 2. The van der Waals surface area contributed by atoms with E-state index < -0.39 is 10.0 Å². The van der Waals surface area contributed by atoms with E-state index >= 15 is 0 Å². The van der Waals surface area contributed by atoms with E-state index in [0.29, 0.717) is 24.0 Å². The number of rotatable bonds is 5. The van der Waals surface area contributed by atoms with Crippen LogP contribution in [0.15, 0.2) is 24.3 Å². The maximum Gasteiger partial charge on any atom is 0.229 e. The lowest BCUT2D eigenvalue weighted by Crippen LogP contribution is -2.35. The first-order chi connectivity index (χ1) is 11.8. The molecule has 1 saturated carbocycles. The second-order valence-corrected chi connectivity index (χ2v) is 8.57. The predicted octanol–water partition coefficient (Wildman–Crippen LogP) is 1.79. The van der Waals surface area contributed by atoms with E-state index in [1.807, 2.05) is 4.90 Å². The summed E-state index contributed by atoms with van der Waals surface area (Å²) in [5, 5.41) is 2.81. The van der Waals surface area contributed by atoms with Crippen molar-refractivity contribution in [3.05, 3.63) is 24.3 Å². The zero-order valence-electron chi connectivity index (χ0n) is 14.2. The summed E-state index contributed by atoms with van der Waals surface area (Å²) in [5.41, 5.74) is 1.01. The third kappa shape index (κ3) is 4.50. The maximum absolute atomic E-state index is 12.4. The average molecular weight is 365 g/mol. The summed E-state index contributed by atoms with van der Waals surface area (Å²) >= 11 is 0. The highest BCUT2D eigenvalue weighted by molar-refractivity contribution is 7.92. The molecule has 1 aliphatic carbocycles. The lowest BCUT2D eigenvalue weighted by Gasteiger charge is -2.23. The summed E-state index contributed by atoms with van der Waals surface area (Å²) < 4.78 is 24.7. The minimum atomic E-state index is -3.33. The SMILES string of the molecule is CS(=O)(=O)Nc1ccc(NC(=O)C2CC(=O)N(C3CCCC3)C2)cc1. The molecule has 2 N–H and O–H groups in total. The monoisotopic (exact) mass is 365 g/mol. The molecular formula is C17H23N3O4S. The van der Waals surface area contributed by atoms with Crippen LogP contribution in [0.25, 0.3) is 0 Å². The molecule has 7 nitrogen and oxygen atoms in total. The predicted molar refractivity (Wildman–Crippen MR) is 95.6 cm³/mol. The molecule has 1 unspecified atom stereocenters. The molecule has 1 aromatic carbocycles. The summed E-state index contributed by atoms with van der Waals surface area (Å²) in [6.07, 6.45) is 5.72. The molecule has 8 heteroatoms. The molecule has 136 valence electrons.